The summed E-state index contributed by atoms with van der Waals surface area (Å²) in [4.78, 5) is 27.0. The van der Waals surface area contributed by atoms with Gasteiger partial charge in [-0.25, -0.2) is 9.07 Å². The lowest BCUT2D eigenvalue weighted by molar-refractivity contribution is -0.113. The summed E-state index contributed by atoms with van der Waals surface area (Å²) in [7, 11) is 0. The number of carbonyl (C=O) groups excluding carboxylic acids is 2. The molecule has 4 aromatic rings. The molecule has 39 heavy (non-hydrogen) atoms. The van der Waals surface area contributed by atoms with E-state index < -0.39 is 11.9 Å². The van der Waals surface area contributed by atoms with Gasteiger partial charge in [0, 0.05) is 17.1 Å². The van der Waals surface area contributed by atoms with Crippen LogP contribution in [0.3, 0.4) is 0 Å². The van der Waals surface area contributed by atoms with Crippen LogP contribution in [-0.2, 0) is 4.79 Å². The van der Waals surface area contributed by atoms with Crippen molar-refractivity contribution in [2.24, 2.45) is 0 Å². The van der Waals surface area contributed by atoms with Crippen LogP contribution < -0.4 is 16.0 Å². The van der Waals surface area contributed by atoms with Crippen molar-refractivity contribution in [1.29, 1.82) is 0 Å². The minimum absolute atomic E-state index is 0.261. The smallest absolute Gasteiger partial charge is 0.261 e. The van der Waals surface area contributed by atoms with Crippen LogP contribution in [0.5, 0.6) is 0 Å². The SMILES string of the molecule is CC1=C(C(=O)Nc2ccc(C)cc2C)[C@H](c2ccc(F)c(Br)c2)n2ncc(C(=O)Nc3ccc(C)cc3)c2N1. The van der Waals surface area contributed by atoms with Crippen molar-refractivity contribution < 1.29 is 14.0 Å². The number of allylic oxidation sites excluding steroid dienone is 1. The number of rotatable bonds is 5. The van der Waals surface area contributed by atoms with Crippen LogP contribution >= 0.6 is 15.9 Å². The van der Waals surface area contributed by atoms with Gasteiger partial charge in [0.2, 0.25) is 0 Å². The number of amides is 2. The van der Waals surface area contributed by atoms with E-state index in [1.165, 1.54) is 12.3 Å². The zero-order valence-electron chi connectivity index (χ0n) is 21.9. The van der Waals surface area contributed by atoms with E-state index in [9.17, 15) is 14.0 Å². The van der Waals surface area contributed by atoms with E-state index in [1.807, 2.05) is 63.2 Å². The first-order chi connectivity index (χ1) is 18.6. The Kier molecular flexibility index (Phi) is 7.10. The van der Waals surface area contributed by atoms with Gasteiger partial charge in [0.15, 0.2) is 0 Å². The minimum Gasteiger partial charge on any atom is -0.343 e. The van der Waals surface area contributed by atoms with Crippen LogP contribution in [0.15, 0.2) is 82.6 Å². The van der Waals surface area contributed by atoms with Gasteiger partial charge < -0.3 is 16.0 Å². The Balaban J connectivity index is 1.56. The largest absolute Gasteiger partial charge is 0.343 e. The first kappa shape index (κ1) is 26.4. The predicted molar refractivity (Wildman–Crippen MR) is 154 cm³/mol. The molecule has 3 aromatic carbocycles. The number of anilines is 3. The van der Waals surface area contributed by atoms with Crippen LogP contribution in [-0.4, -0.2) is 21.6 Å². The average molecular weight is 588 g/mol. The second-order valence-corrected chi connectivity index (χ2v) is 10.5. The second kappa shape index (κ2) is 10.5. The first-order valence-electron chi connectivity index (χ1n) is 12.4. The molecule has 7 nitrogen and oxygen atoms in total. The predicted octanol–water partition coefficient (Wildman–Crippen LogP) is 6.89. The van der Waals surface area contributed by atoms with Gasteiger partial charge in [0.05, 0.1) is 16.2 Å². The number of hydrogen-bond donors (Lipinski definition) is 3. The fourth-order valence-electron chi connectivity index (χ4n) is 4.68. The van der Waals surface area contributed by atoms with Gasteiger partial charge in [-0.15, -0.1) is 0 Å². The first-order valence-corrected chi connectivity index (χ1v) is 13.2. The molecule has 1 aliphatic rings. The minimum atomic E-state index is -0.718. The zero-order chi connectivity index (χ0) is 27.8. The highest BCUT2D eigenvalue weighted by atomic mass is 79.9. The van der Waals surface area contributed by atoms with Gasteiger partial charge in [-0.3, -0.25) is 9.59 Å². The Morgan fingerprint density at radius 1 is 0.923 bits per heavy atom. The molecule has 5 rings (SSSR count). The Morgan fingerprint density at radius 2 is 1.64 bits per heavy atom. The lowest BCUT2D eigenvalue weighted by atomic mass is 9.94. The van der Waals surface area contributed by atoms with E-state index in [0.717, 1.165) is 16.7 Å². The van der Waals surface area contributed by atoms with E-state index >= 15 is 0 Å². The van der Waals surface area contributed by atoms with Crippen molar-refractivity contribution in [1.82, 2.24) is 9.78 Å². The van der Waals surface area contributed by atoms with Gasteiger partial charge in [0.25, 0.3) is 11.8 Å². The molecule has 0 fully saturated rings. The van der Waals surface area contributed by atoms with Gasteiger partial charge in [0.1, 0.15) is 23.2 Å². The van der Waals surface area contributed by atoms with Gasteiger partial charge in [-0.1, -0.05) is 41.5 Å². The third-order valence-electron chi connectivity index (χ3n) is 6.71. The van der Waals surface area contributed by atoms with Crippen LogP contribution in [0.25, 0.3) is 0 Å². The van der Waals surface area contributed by atoms with Crippen molar-refractivity contribution in [3.63, 3.8) is 0 Å². The van der Waals surface area contributed by atoms with Gasteiger partial charge >= 0.3 is 0 Å². The zero-order valence-corrected chi connectivity index (χ0v) is 23.5. The van der Waals surface area contributed by atoms with Crippen molar-refractivity contribution in [3.05, 3.63) is 116 Å². The lowest BCUT2D eigenvalue weighted by Crippen LogP contribution is -2.32. The summed E-state index contributed by atoms with van der Waals surface area (Å²) in [6, 6.07) is 17.1. The number of carbonyl (C=O) groups is 2. The molecular formula is C30H27BrFN5O2. The van der Waals surface area contributed by atoms with Crippen LogP contribution in [0.2, 0.25) is 0 Å². The van der Waals surface area contributed by atoms with Gasteiger partial charge in [-0.05, 0) is 85.1 Å². The molecule has 0 saturated heterocycles. The van der Waals surface area contributed by atoms with Gasteiger partial charge in [-0.2, -0.15) is 5.10 Å². The third-order valence-corrected chi connectivity index (χ3v) is 7.32. The highest BCUT2D eigenvalue weighted by Crippen LogP contribution is 2.39. The molecule has 0 radical (unpaired) electrons. The van der Waals surface area contributed by atoms with E-state index in [4.69, 9.17) is 0 Å². The molecule has 1 aliphatic heterocycles. The highest BCUT2D eigenvalue weighted by Gasteiger charge is 2.35. The third kappa shape index (κ3) is 5.22. The van der Waals surface area contributed by atoms with Crippen molar-refractivity contribution in [3.8, 4) is 0 Å². The number of aryl methyl sites for hydroxylation is 3. The fourth-order valence-corrected chi connectivity index (χ4v) is 5.08. The summed E-state index contributed by atoms with van der Waals surface area (Å²) >= 11 is 3.26. The Hall–Kier alpha value is -4.24. The topological polar surface area (TPSA) is 88.0 Å². The molecule has 1 atom stereocenters. The Labute approximate surface area is 234 Å². The van der Waals surface area contributed by atoms with Crippen LogP contribution in [0, 0.1) is 26.6 Å². The van der Waals surface area contributed by atoms with Crippen molar-refractivity contribution >= 4 is 44.9 Å². The van der Waals surface area contributed by atoms with E-state index in [1.54, 1.807) is 23.7 Å². The Bertz CT molecular complexity index is 1640. The molecule has 2 amide bonds. The van der Waals surface area contributed by atoms with Crippen molar-refractivity contribution in [2.45, 2.75) is 33.7 Å². The Morgan fingerprint density at radius 3 is 2.33 bits per heavy atom. The van der Waals surface area contributed by atoms with Crippen molar-refractivity contribution in [2.75, 3.05) is 16.0 Å². The monoisotopic (exact) mass is 587 g/mol. The summed E-state index contributed by atoms with van der Waals surface area (Å²) in [5, 5.41) is 13.7. The van der Waals surface area contributed by atoms with Crippen LogP contribution in [0.4, 0.5) is 21.6 Å². The van der Waals surface area contributed by atoms with E-state index in [2.05, 4.69) is 37.0 Å². The average Bonchev–Trinajstić information content (AvgIpc) is 3.31. The summed E-state index contributed by atoms with van der Waals surface area (Å²) in [6.07, 6.45) is 1.47. The molecule has 0 unspecified atom stereocenters. The van der Waals surface area contributed by atoms with E-state index in [-0.39, 0.29) is 16.3 Å². The number of halogens is 2. The molecule has 3 N–H and O–H groups in total. The highest BCUT2D eigenvalue weighted by molar-refractivity contribution is 9.10. The molecule has 0 bridgehead atoms. The quantitative estimate of drug-likeness (QED) is 0.237. The number of hydrogen-bond acceptors (Lipinski definition) is 4. The molecule has 0 saturated carbocycles. The molecule has 0 spiro atoms. The maximum Gasteiger partial charge on any atom is 0.261 e. The molecule has 9 heteroatoms. The summed E-state index contributed by atoms with van der Waals surface area (Å²) in [5.41, 5.74) is 6.34. The molecule has 0 aliphatic carbocycles. The number of benzene rings is 3. The number of nitrogens with zero attached hydrogens (tertiary/aromatic N) is 2. The lowest BCUT2D eigenvalue weighted by Gasteiger charge is -2.30. The summed E-state index contributed by atoms with van der Waals surface area (Å²) < 4.78 is 16.0. The number of fused-ring (bicyclic) bond motifs is 1. The molecule has 2 heterocycles. The number of nitrogens with one attached hydrogen (secondary N) is 3. The normalized spacial score (nSPS) is 14.5. The molecular weight excluding hydrogens is 561 g/mol. The summed E-state index contributed by atoms with van der Waals surface area (Å²) in [6.45, 7) is 7.67. The van der Waals surface area contributed by atoms with E-state index in [0.29, 0.717) is 39.6 Å². The number of aromatic nitrogens is 2. The maximum absolute atomic E-state index is 14.2. The standard InChI is InChI=1S/C30H27BrFN5O2/c1-16-5-9-21(10-6-16)35-29(38)22-15-33-37-27(20-8-11-24(32)23(31)14-20)26(19(4)34-28(22)37)30(39)36-25-12-7-17(2)13-18(25)3/h5-15,27,34H,1-4H3,(H,35,38)(H,36,39)/t27-/m0/s1. The van der Waals surface area contributed by atoms with Crippen LogP contribution in [0.1, 0.15) is 45.6 Å². The molecule has 198 valence electrons. The maximum atomic E-state index is 14.2. The fraction of sp³-hybridized carbons (Fsp3) is 0.167. The summed E-state index contributed by atoms with van der Waals surface area (Å²) in [5.74, 6) is -0.661. The molecule has 1 aromatic heterocycles. The second-order valence-electron chi connectivity index (χ2n) is 9.68.